The molecule has 1 rings (SSSR count). The highest BCUT2D eigenvalue weighted by molar-refractivity contribution is 7.80. The molecule has 0 heterocycles. The molecule has 13 heteroatoms. The summed E-state index contributed by atoms with van der Waals surface area (Å²) >= 11 is 3.95. The van der Waals surface area contributed by atoms with Gasteiger partial charge in [-0.05, 0) is 24.6 Å². The number of carbonyl (C=O) groups is 5. The Bertz CT molecular complexity index is 849. The van der Waals surface area contributed by atoms with Crippen LogP contribution in [0.25, 0.3) is 0 Å². The minimum absolute atomic E-state index is 0.0186. The van der Waals surface area contributed by atoms with Gasteiger partial charge in [0.15, 0.2) is 0 Å². The number of carboxylic acid groups (broad SMARTS) is 1. The summed E-state index contributed by atoms with van der Waals surface area (Å²) in [6.07, 6.45) is -0.603. The second-order valence-electron chi connectivity index (χ2n) is 7.02. The van der Waals surface area contributed by atoms with E-state index in [0.29, 0.717) is 5.56 Å². The molecule has 176 valence electrons. The zero-order chi connectivity index (χ0) is 24.4. The number of primary amides is 1. The Hall–Kier alpha value is -3.32. The fourth-order valence-corrected chi connectivity index (χ4v) is 2.68. The predicted molar refractivity (Wildman–Crippen MR) is 117 cm³/mol. The van der Waals surface area contributed by atoms with Crippen molar-refractivity contribution in [1.29, 1.82) is 0 Å². The highest BCUT2D eigenvalue weighted by Crippen LogP contribution is 2.12. The third-order valence-corrected chi connectivity index (χ3v) is 4.71. The normalized spacial score (nSPS) is 14.3. The molecule has 0 fully saturated rings. The van der Waals surface area contributed by atoms with Gasteiger partial charge in [-0.25, -0.2) is 4.79 Å². The Morgan fingerprint density at radius 1 is 0.969 bits per heavy atom. The van der Waals surface area contributed by atoms with Gasteiger partial charge in [0.1, 0.15) is 23.9 Å². The quantitative estimate of drug-likeness (QED) is 0.154. The van der Waals surface area contributed by atoms with Crippen molar-refractivity contribution in [3.63, 3.8) is 0 Å². The number of phenolic OH excluding ortho intramolecular Hbond substituents is 1. The summed E-state index contributed by atoms with van der Waals surface area (Å²) in [5, 5.41) is 25.5. The van der Waals surface area contributed by atoms with Crippen molar-refractivity contribution < 1.29 is 34.2 Å². The summed E-state index contributed by atoms with van der Waals surface area (Å²) in [5.74, 6) is -4.57. The minimum Gasteiger partial charge on any atom is -0.508 e. The fraction of sp³-hybridized carbons (Fsp3) is 0.421. The zero-order valence-corrected chi connectivity index (χ0v) is 18.2. The number of thiol groups is 1. The van der Waals surface area contributed by atoms with Crippen molar-refractivity contribution in [2.24, 2.45) is 11.5 Å². The van der Waals surface area contributed by atoms with Gasteiger partial charge < -0.3 is 37.6 Å². The SMILES string of the molecule is CC(NC(=O)C(Cc1ccc(O)cc1)NC(=O)C(N)CS)C(=O)NC(CC(N)=O)C(=O)O. The van der Waals surface area contributed by atoms with Crippen LogP contribution in [0.15, 0.2) is 24.3 Å². The molecule has 0 bridgehead atoms. The van der Waals surface area contributed by atoms with E-state index in [0.717, 1.165) is 0 Å². The lowest BCUT2D eigenvalue weighted by Gasteiger charge is -2.23. The van der Waals surface area contributed by atoms with Crippen molar-refractivity contribution in [3.05, 3.63) is 29.8 Å². The molecule has 0 aliphatic carbocycles. The third kappa shape index (κ3) is 8.81. The van der Waals surface area contributed by atoms with E-state index in [1.54, 1.807) is 12.1 Å². The van der Waals surface area contributed by atoms with E-state index in [9.17, 15) is 29.1 Å². The van der Waals surface area contributed by atoms with Crippen LogP contribution in [-0.4, -0.2) is 69.7 Å². The molecule has 1 aromatic rings. The summed E-state index contributed by atoms with van der Waals surface area (Å²) in [5.41, 5.74) is 11.2. The molecule has 12 nitrogen and oxygen atoms in total. The first-order chi connectivity index (χ1) is 14.9. The number of carbonyl (C=O) groups excluding carboxylic acids is 4. The number of phenols is 1. The standard InChI is InChI=1S/C19H27N5O7S/c1-9(16(27)24-14(19(30)31)7-15(21)26)22-18(29)13(23-17(28)12(20)8-32)6-10-2-4-11(25)5-3-10/h2-5,9,12-14,25,32H,6-8,20H2,1H3,(H2,21,26)(H,22,29)(H,23,28)(H,24,27)(H,30,31). The van der Waals surface area contributed by atoms with Crippen LogP contribution in [0.5, 0.6) is 5.75 Å². The van der Waals surface area contributed by atoms with Gasteiger partial charge in [0.05, 0.1) is 12.5 Å². The molecule has 9 N–H and O–H groups in total. The van der Waals surface area contributed by atoms with Crippen LogP contribution in [0.3, 0.4) is 0 Å². The molecular formula is C19H27N5O7S. The average Bonchev–Trinajstić information content (AvgIpc) is 2.72. The van der Waals surface area contributed by atoms with Gasteiger partial charge in [0.2, 0.25) is 23.6 Å². The lowest BCUT2D eigenvalue weighted by molar-refractivity contribution is -0.143. The molecule has 32 heavy (non-hydrogen) atoms. The number of hydrogen-bond donors (Lipinski definition) is 8. The van der Waals surface area contributed by atoms with Crippen LogP contribution >= 0.6 is 12.6 Å². The number of nitrogens with one attached hydrogen (secondary N) is 3. The number of carboxylic acids is 1. The van der Waals surface area contributed by atoms with Crippen LogP contribution in [0.4, 0.5) is 0 Å². The van der Waals surface area contributed by atoms with Crippen molar-refractivity contribution in [1.82, 2.24) is 16.0 Å². The van der Waals surface area contributed by atoms with Crippen molar-refractivity contribution >= 4 is 42.2 Å². The van der Waals surface area contributed by atoms with Gasteiger partial charge in [0, 0.05) is 12.2 Å². The molecule has 0 aliphatic heterocycles. The summed E-state index contributed by atoms with van der Waals surface area (Å²) in [4.78, 5) is 59.4. The maximum absolute atomic E-state index is 12.8. The van der Waals surface area contributed by atoms with Crippen LogP contribution < -0.4 is 27.4 Å². The first kappa shape index (κ1) is 26.7. The highest BCUT2D eigenvalue weighted by atomic mass is 32.1. The number of amides is 4. The monoisotopic (exact) mass is 469 g/mol. The van der Waals surface area contributed by atoms with Crippen molar-refractivity contribution in [3.8, 4) is 5.75 Å². The molecule has 0 spiro atoms. The molecule has 0 radical (unpaired) electrons. The van der Waals surface area contributed by atoms with Gasteiger partial charge >= 0.3 is 5.97 Å². The van der Waals surface area contributed by atoms with E-state index in [4.69, 9.17) is 16.6 Å². The summed E-state index contributed by atoms with van der Waals surface area (Å²) in [6, 6.07) is 1.07. The van der Waals surface area contributed by atoms with Gasteiger partial charge in [0.25, 0.3) is 0 Å². The van der Waals surface area contributed by atoms with Crippen LogP contribution in [0.2, 0.25) is 0 Å². The molecule has 0 saturated heterocycles. The molecule has 4 unspecified atom stereocenters. The Balaban J connectivity index is 2.91. The first-order valence-corrected chi connectivity index (χ1v) is 10.1. The van der Waals surface area contributed by atoms with E-state index in [-0.39, 0.29) is 17.9 Å². The highest BCUT2D eigenvalue weighted by Gasteiger charge is 2.29. The average molecular weight is 470 g/mol. The fourth-order valence-electron chi connectivity index (χ4n) is 2.52. The van der Waals surface area contributed by atoms with Crippen molar-refractivity contribution in [2.45, 2.75) is 43.9 Å². The number of aromatic hydroxyl groups is 1. The topological polar surface area (TPSA) is 214 Å². The lowest BCUT2D eigenvalue weighted by atomic mass is 10.0. The minimum atomic E-state index is -1.56. The number of benzene rings is 1. The number of nitrogens with two attached hydrogens (primary N) is 2. The molecule has 0 aliphatic rings. The molecule has 1 aromatic carbocycles. The number of hydrogen-bond acceptors (Lipinski definition) is 8. The second kappa shape index (κ2) is 12.5. The van der Waals surface area contributed by atoms with Gasteiger partial charge in [-0.1, -0.05) is 12.1 Å². The third-order valence-electron chi connectivity index (χ3n) is 4.31. The molecule has 0 saturated carbocycles. The van der Waals surface area contributed by atoms with Gasteiger partial charge in [-0.15, -0.1) is 0 Å². The van der Waals surface area contributed by atoms with E-state index in [1.807, 2.05) is 0 Å². The lowest BCUT2D eigenvalue weighted by Crippen LogP contribution is -2.57. The smallest absolute Gasteiger partial charge is 0.326 e. The zero-order valence-electron chi connectivity index (χ0n) is 17.3. The molecule has 0 aromatic heterocycles. The Kier molecular flexibility index (Phi) is 10.4. The Morgan fingerprint density at radius 3 is 2.03 bits per heavy atom. The van der Waals surface area contributed by atoms with Gasteiger partial charge in [-0.2, -0.15) is 12.6 Å². The molecule has 4 amide bonds. The maximum atomic E-state index is 12.8. The van der Waals surface area contributed by atoms with Crippen LogP contribution in [-0.2, 0) is 30.4 Å². The van der Waals surface area contributed by atoms with E-state index in [1.165, 1.54) is 19.1 Å². The second-order valence-corrected chi connectivity index (χ2v) is 7.39. The first-order valence-electron chi connectivity index (χ1n) is 9.51. The van der Waals surface area contributed by atoms with E-state index in [2.05, 4.69) is 28.6 Å². The summed E-state index contributed by atoms with van der Waals surface area (Å²) in [7, 11) is 0. The largest absolute Gasteiger partial charge is 0.508 e. The summed E-state index contributed by atoms with van der Waals surface area (Å²) in [6.45, 7) is 1.30. The Labute approximate surface area is 189 Å². The van der Waals surface area contributed by atoms with Crippen molar-refractivity contribution in [2.75, 3.05) is 5.75 Å². The van der Waals surface area contributed by atoms with Crippen LogP contribution in [0.1, 0.15) is 18.9 Å². The van der Waals surface area contributed by atoms with E-state index >= 15 is 0 Å². The summed E-state index contributed by atoms with van der Waals surface area (Å²) < 4.78 is 0. The molecule has 4 atom stereocenters. The molecular weight excluding hydrogens is 442 g/mol. The number of rotatable bonds is 12. The maximum Gasteiger partial charge on any atom is 0.326 e. The van der Waals surface area contributed by atoms with E-state index < -0.39 is 60.2 Å². The van der Waals surface area contributed by atoms with Gasteiger partial charge in [-0.3, -0.25) is 19.2 Å². The van der Waals surface area contributed by atoms with Crippen LogP contribution in [0, 0.1) is 0 Å². The Morgan fingerprint density at radius 2 is 1.53 bits per heavy atom. The predicted octanol–water partition coefficient (Wildman–Crippen LogP) is -2.37. The number of aliphatic carboxylic acids is 1.